The van der Waals surface area contributed by atoms with Crippen LogP contribution in [-0.2, 0) is 16.1 Å². The number of halogens is 1. The molecule has 1 aromatic carbocycles. The zero-order valence-corrected chi connectivity index (χ0v) is 14.4. The number of ether oxygens (including phenoxy) is 1. The lowest BCUT2D eigenvalue weighted by atomic mass is 10.2. The van der Waals surface area contributed by atoms with Crippen molar-refractivity contribution < 1.29 is 19.4 Å². The molecule has 0 saturated carbocycles. The zero-order chi connectivity index (χ0) is 17.1. The SMILES string of the molecule is C/C(=C/Cl)CSCCC(NC(=O)OCc1ccccc1)C(=O)O. The third-order valence-electron chi connectivity index (χ3n) is 2.87. The predicted molar refractivity (Wildman–Crippen MR) is 92.7 cm³/mol. The van der Waals surface area contributed by atoms with Gasteiger partial charge >= 0.3 is 12.1 Å². The monoisotopic (exact) mass is 357 g/mol. The molecule has 7 heteroatoms. The number of hydrogen-bond donors (Lipinski definition) is 2. The highest BCUT2D eigenvalue weighted by molar-refractivity contribution is 7.99. The van der Waals surface area contributed by atoms with Gasteiger partial charge in [-0.05, 0) is 24.7 Å². The molecule has 0 fully saturated rings. The van der Waals surface area contributed by atoms with Crippen LogP contribution >= 0.6 is 23.4 Å². The van der Waals surface area contributed by atoms with Crippen LogP contribution in [0.3, 0.4) is 0 Å². The number of alkyl carbamates (subject to hydrolysis) is 1. The molecule has 2 N–H and O–H groups in total. The maximum absolute atomic E-state index is 11.7. The van der Waals surface area contributed by atoms with Crippen LogP contribution in [0, 0.1) is 0 Å². The van der Waals surface area contributed by atoms with Crippen molar-refractivity contribution in [2.45, 2.75) is 26.0 Å². The fourth-order valence-corrected chi connectivity index (χ4v) is 2.75. The van der Waals surface area contributed by atoms with Gasteiger partial charge in [0.2, 0.25) is 0 Å². The Morgan fingerprint density at radius 1 is 1.39 bits per heavy atom. The summed E-state index contributed by atoms with van der Waals surface area (Å²) in [5, 5.41) is 11.5. The first-order chi connectivity index (χ1) is 11.0. The van der Waals surface area contributed by atoms with Gasteiger partial charge in [-0.3, -0.25) is 0 Å². The molecule has 1 aromatic rings. The number of rotatable bonds is 9. The molecule has 0 aliphatic heterocycles. The number of amides is 1. The summed E-state index contributed by atoms with van der Waals surface area (Å²) in [5.74, 6) is 0.249. The first-order valence-electron chi connectivity index (χ1n) is 7.06. The second kappa shape index (κ2) is 11.0. The Kier molecular flexibility index (Phi) is 9.24. The van der Waals surface area contributed by atoms with Gasteiger partial charge < -0.3 is 15.2 Å². The van der Waals surface area contributed by atoms with Crippen molar-refractivity contribution in [3.63, 3.8) is 0 Å². The first kappa shape index (κ1) is 19.4. The topological polar surface area (TPSA) is 75.6 Å². The molecule has 1 unspecified atom stereocenters. The van der Waals surface area contributed by atoms with Crippen LogP contribution in [0.25, 0.3) is 0 Å². The lowest BCUT2D eigenvalue weighted by Crippen LogP contribution is -2.41. The largest absolute Gasteiger partial charge is 0.480 e. The maximum atomic E-state index is 11.7. The number of aliphatic carboxylic acids is 1. The third kappa shape index (κ3) is 8.52. The molecule has 0 saturated heterocycles. The van der Waals surface area contributed by atoms with E-state index in [4.69, 9.17) is 21.4 Å². The van der Waals surface area contributed by atoms with Crippen molar-refractivity contribution >= 4 is 35.4 Å². The molecule has 23 heavy (non-hydrogen) atoms. The molecule has 0 spiro atoms. The second-order valence-corrected chi connectivity index (χ2v) is 6.22. The lowest BCUT2D eigenvalue weighted by molar-refractivity contribution is -0.139. The molecular weight excluding hydrogens is 338 g/mol. The van der Waals surface area contributed by atoms with Crippen molar-refractivity contribution in [3.05, 3.63) is 47.0 Å². The van der Waals surface area contributed by atoms with E-state index in [1.165, 1.54) is 5.54 Å². The van der Waals surface area contributed by atoms with Gasteiger partial charge in [0.15, 0.2) is 0 Å². The Labute approximate surface area is 145 Å². The van der Waals surface area contributed by atoms with Crippen molar-refractivity contribution in [1.82, 2.24) is 5.32 Å². The van der Waals surface area contributed by atoms with E-state index < -0.39 is 18.1 Å². The molecule has 1 atom stereocenters. The number of thioether (sulfide) groups is 1. The summed E-state index contributed by atoms with van der Waals surface area (Å²) in [6, 6.07) is 8.22. The van der Waals surface area contributed by atoms with Crippen LogP contribution in [0.4, 0.5) is 4.79 Å². The summed E-state index contributed by atoms with van der Waals surface area (Å²) in [5.41, 5.74) is 3.35. The number of carbonyl (C=O) groups excluding carboxylic acids is 1. The molecule has 0 radical (unpaired) electrons. The number of hydrogen-bond acceptors (Lipinski definition) is 4. The summed E-state index contributed by atoms with van der Waals surface area (Å²) in [6.07, 6.45) is -0.418. The van der Waals surface area contributed by atoms with Gasteiger partial charge in [0, 0.05) is 11.3 Å². The van der Waals surface area contributed by atoms with Gasteiger partial charge in [-0.1, -0.05) is 47.5 Å². The average Bonchev–Trinajstić information content (AvgIpc) is 2.56. The average molecular weight is 358 g/mol. The number of carboxylic acid groups (broad SMARTS) is 1. The predicted octanol–water partition coefficient (Wildman–Crippen LogP) is 3.63. The fourth-order valence-electron chi connectivity index (χ4n) is 1.63. The Morgan fingerprint density at radius 3 is 2.70 bits per heavy atom. The van der Waals surface area contributed by atoms with Crippen molar-refractivity contribution in [2.24, 2.45) is 0 Å². The highest BCUT2D eigenvalue weighted by Crippen LogP contribution is 2.11. The molecule has 5 nitrogen and oxygen atoms in total. The quantitative estimate of drug-likeness (QED) is 0.660. The van der Waals surface area contributed by atoms with E-state index in [-0.39, 0.29) is 6.61 Å². The van der Waals surface area contributed by atoms with E-state index in [1.54, 1.807) is 11.8 Å². The first-order valence-corrected chi connectivity index (χ1v) is 8.65. The fraction of sp³-hybridized carbons (Fsp3) is 0.375. The molecule has 0 aliphatic rings. The van der Waals surface area contributed by atoms with Gasteiger partial charge in [-0.2, -0.15) is 11.8 Å². The zero-order valence-electron chi connectivity index (χ0n) is 12.8. The van der Waals surface area contributed by atoms with E-state index >= 15 is 0 Å². The minimum Gasteiger partial charge on any atom is -0.480 e. The lowest BCUT2D eigenvalue weighted by Gasteiger charge is -2.14. The molecule has 0 bridgehead atoms. The molecule has 0 aliphatic carbocycles. The normalized spacial score (nSPS) is 12.5. The number of benzene rings is 1. The van der Waals surface area contributed by atoms with Gasteiger partial charge in [0.05, 0.1) is 0 Å². The van der Waals surface area contributed by atoms with Gasteiger partial charge in [-0.25, -0.2) is 9.59 Å². The molecule has 1 rings (SSSR count). The van der Waals surface area contributed by atoms with Crippen LogP contribution in [0.2, 0.25) is 0 Å². The van der Waals surface area contributed by atoms with E-state index in [0.29, 0.717) is 12.2 Å². The Hall–Kier alpha value is -1.66. The van der Waals surface area contributed by atoms with E-state index in [2.05, 4.69) is 5.32 Å². The summed E-state index contributed by atoms with van der Waals surface area (Å²) in [4.78, 5) is 22.9. The van der Waals surface area contributed by atoms with Gasteiger partial charge in [-0.15, -0.1) is 0 Å². The Balaban J connectivity index is 2.33. The van der Waals surface area contributed by atoms with E-state index in [1.807, 2.05) is 37.3 Å². The summed E-state index contributed by atoms with van der Waals surface area (Å²) >= 11 is 7.12. The number of carboxylic acids is 1. The standard InChI is InChI=1S/C16H20ClNO4S/c1-12(9-17)11-23-8-7-14(15(19)20)18-16(21)22-10-13-5-3-2-4-6-13/h2-6,9,14H,7-8,10-11H2,1H3,(H,18,21)(H,19,20)/b12-9-. The maximum Gasteiger partial charge on any atom is 0.408 e. The molecule has 0 heterocycles. The van der Waals surface area contributed by atoms with Crippen molar-refractivity contribution in [3.8, 4) is 0 Å². The van der Waals surface area contributed by atoms with Gasteiger partial charge in [0.1, 0.15) is 12.6 Å². The van der Waals surface area contributed by atoms with Crippen LogP contribution < -0.4 is 5.32 Å². The number of nitrogens with one attached hydrogen (secondary N) is 1. The van der Waals surface area contributed by atoms with Gasteiger partial charge in [0.25, 0.3) is 0 Å². The molecule has 1 amide bonds. The molecular formula is C16H20ClNO4S. The smallest absolute Gasteiger partial charge is 0.408 e. The van der Waals surface area contributed by atoms with Crippen LogP contribution in [0.15, 0.2) is 41.4 Å². The Morgan fingerprint density at radius 2 is 2.09 bits per heavy atom. The van der Waals surface area contributed by atoms with E-state index in [0.717, 1.165) is 16.9 Å². The van der Waals surface area contributed by atoms with E-state index in [9.17, 15) is 9.59 Å². The van der Waals surface area contributed by atoms with Crippen LogP contribution in [0.5, 0.6) is 0 Å². The summed E-state index contributed by atoms with van der Waals surface area (Å²) < 4.78 is 5.02. The minimum absolute atomic E-state index is 0.105. The molecule has 0 aromatic heterocycles. The second-order valence-electron chi connectivity index (χ2n) is 4.89. The minimum atomic E-state index is -1.08. The third-order valence-corrected chi connectivity index (χ3v) is 4.43. The van der Waals surface area contributed by atoms with Crippen molar-refractivity contribution in [1.29, 1.82) is 0 Å². The van der Waals surface area contributed by atoms with Crippen molar-refractivity contribution in [2.75, 3.05) is 11.5 Å². The summed E-state index contributed by atoms with van der Waals surface area (Å²) in [6.45, 7) is 2.00. The van der Waals surface area contributed by atoms with Crippen LogP contribution in [-0.4, -0.2) is 34.7 Å². The van der Waals surface area contributed by atoms with Crippen LogP contribution in [0.1, 0.15) is 18.9 Å². The number of carbonyl (C=O) groups is 2. The Bertz CT molecular complexity index is 536. The molecule has 126 valence electrons. The summed E-state index contributed by atoms with van der Waals surface area (Å²) in [7, 11) is 0. The highest BCUT2D eigenvalue weighted by Gasteiger charge is 2.20. The highest BCUT2D eigenvalue weighted by atomic mass is 35.5.